The number of halogens is 1. The number of nitrogens with zero attached hydrogens (tertiary/aromatic N) is 2. The standard InChI is InChI=1S/C15H12FN3OS/c16-11-1-2-14-12(9-11)13(5-8-21-14)18-19-15(20)10-3-6-17-7-4-10/h1-4,6-7,9H,5,8H2,(H,19,20). The van der Waals surface area contributed by atoms with E-state index in [4.69, 9.17) is 0 Å². The number of fused-ring (bicyclic) bond motifs is 1. The van der Waals surface area contributed by atoms with Crippen molar-refractivity contribution in [3.8, 4) is 0 Å². The van der Waals surface area contributed by atoms with Gasteiger partial charge >= 0.3 is 0 Å². The van der Waals surface area contributed by atoms with Crippen molar-refractivity contribution >= 4 is 23.4 Å². The Balaban J connectivity index is 1.82. The van der Waals surface area contributed by atoms with Crippen molar-refractivity contribution in [2.75, 3.05) is 5.75 Å². The van der Waals surface area contributed by atoms with Crippen LogP contribution in [-0.2, 0) is 0 Å². The highest BCUT2D eigenvalue weighted by atomic mass is 32.2. The number of pyridine rings is 1. The molecule has 0 radical (unpaired) electrons. The molecule has 0 unspecified atom stereocenters. The van der Waals surface area contributed by atoms with E-state index >= 15 is 0 Å². The van der Waals surface area contributed by atoms with Gasteiger partial charge in [-0.1, -0.05) is 0 Å². The molecule has 3 rings (SSSR count). The number of hydrogen-bond acceptors (Lipinski definition) is 4. The largest absolute Gasteiger partial charge is 0.271 e. The normalized spacial score (nSPS) is 15.6. The topological polar surface area (TPSA) is 54.4 Å². The van der Waals surface area contributed by atoms with Crippen LogP contribution in [0.4, 0.5) is 4.39 Å². The van der Waals surface area contributed by atoms with E-state index in [0.29, 0.717) is 17.7 Å². The van der Waals surface area contributed by atoms with E-state index in [0.717, 1.165) is 16.2 Å². The molecule has 0 aliphatic carbocycles. The number of nitrogens with one attached hydrogen (secondary N) is 1. The molecule has 1 aromatic heterocycles. The van der Waals surface area contributed by atoms with Gasteiger partial charge in [-0.2, -0.15) is 5.10 Å². The van der Waals surface area contributed by atoms with Crippen molar-refractivity contribution in [3.05, 3.63) is 59.7 Å². The monoisotopic (exact) mass is 301 g/mol. The second kappa shape index (κ2) is 6.05. The fourth-order valence-electron chi connectivity index (χ4n) is 2.05. The minimum atomic E-state index is -0.305. The number of aromatic nitrogens is 1. The van der Waals surface area contributed by atoms with Crippen LogP contribution in [0.5, 0.6) is 0 Å². The smallest absolute Gasteiger partial charge is 0.267 e. The van der Waals surface area contributed by atoms with Crippen LogP contribution in [-0.4, -0.2) is 22.4 Å². The molecule has 1 aliphatic rings. The first-order chi connectivity index (χ1) is 10.2. The van der Waals surface area contributed by atoms with Gasteiger partial charge in [0.15, 0.2) is 0 Å². The number of hydrazone groups is 1. The summed E-state index contributed by atoms with van der Waals surface area (Å²) in [5.74, 6) is 0.258. The number of benzene rings is 1. The van der Waals surface area contributed by atoms with Crippen LogP contribution >= 0.6 is 11.8 Å². The van der Waals surface area contributed by atoms with E-state index in [1.807, 2.05) is 0 Å². The fourth-order valence-corrected chi connectivity index (χ4v) is 3.06. The van der Waals surface area contributed by atoms with Crippen molar-refractivity contribution in [1.82, 2.24) is 10.4 Å². The molecule has 1 amide bonds. The highest BCUT2D eigenvalue weighted by Crippen LogP contribution is 2.30. The van der Waals surface area contributed by atoms with Crippen LogP contribution in [0, 0.1) is 5.82 Å². The summed E-state index contributed by atoms with van der Waals surface area (Å²) in [5.41, 5.74) is 4.45. The summed E-state index contributed by atoms with van der Waals surface area (Å²) in [6, 6.07) is 7.86. The van der Waals surface area contributed by atoms with Crippen molar-refractivity contribution in [2.24, 2.45) is 5.10 Å². The summed E-state index contributed by atoms with van der Waals surface area (Å²) in [6.45, 7) is 0. The van der Waals surface area contributed by atoms with Gasteiger partial charge in [0.2, 0.25) is 0 Å². The van der Waals surface area contributed by atoms with Gasteiger partial charge in [-0.3, -0.25) is 9.78 Å². The first-order valence-corrected chi connectivity index (χ1v) is 7.42. The molecule has 1 aliphatic heterocycles. The zero-order valence-corrected chi connectivity index (χ0v) is 11.9. The summed E-state index contributed by atoms with van der Waals surface area (Å²) >= 11 is 1.66. The minimum Gasteiger partial charge on any atom is -0.267 e. The number of amides is 1. The zero-order valence-electron chi connectivity index (χ0n) is 11.0. The maximum atomic E-state index is 13.4. The quantitative estimate of drug-likeness (QED) is 0.868. The molecule has 21 heavy (non-hydrogen) atoms. The Morgan fingerprint density at radius 3 is 2.90 bits per heavy atom. The van der Waals surface area contributed by atoms with Crippen LogP contribution in [0.25, 0.3) is 0 Å². The molecule has 0 fully saturated rings. The van der Waals surface area contributed by atoms with Crippen LogP contribution in [0.15, 0.2) is 52.7 Å². The third-order valence-corrected chi connectivity index (χ3v) is 4.16. The highest BCUT2D eigenvalue weighted by molar-refractivity contribution is 7.99. The van der Waals surface area contributed by atoms with Gasteiger partial charge in [0.25, 0.3) is 5.91 Å². The highest BCUT2D eigenvalue weighted by Gasteiger charge is 2.17. The van der Waals surface area contributed by atoms with Crippen LogP contribution in [0.3, 0.4) is 0 Å². The van der Waals surface area contributed by atoms with Gasteiger partial charge in [0.05, 0.1) is 5.71 Å². The Bertz CT molecular complexity index is 703. The molecule has 1 N–H and O–H groups in total. The van der Waals surface area contributed by atoms with Crippen LogP contribution in [0.2, 0.25) is 0 Å². The lowest BCUT2D eigenvalue weighted by Gasteiger charge is -2.17. The predicted molar refractivity (Wildman–Crippen MR) is 80.0 cm³/mol. The molecule has 6 heteroatoms. The molecule has 2 heterocycles. The van der Waals surface area contributed by atoms with Gasteiger partial charge in [0, 0.05) is 40.6 Å². The first-order valence-electron chi connectivity index (χ1n) is 6.44. The van der Waals surface area contributed by atoms with E-state index in [1.54, 1.807) is 42.4 Å². The maximum absolute atomic E-state index is 13.4. The van der Waals surface area contributed by atoms with Gasteiger partial charge in [-0.05, 0) is 30.3 Å². The summed E-state index contributed by atoms with van der Waals surface area (Å²) < 4.78 is 13.4. The molecule has 2 aromatic rings. The second-order valence-corrected chi connectivity index (χ2v) is 5.61. The minimum absolute atomic E-state index is 0.301. The fraction of sp³-hybridized carbons (Fsp3) is 0.133. The van der Waals surface area contributed by atoms with E-state index < -0.39 is 0 Å². The first kappa shape index (κ1) is 13.8. The Morgan fingerprint density at radius 1 is 1.29 bits per heavy atom. The van der Waals surface area contributed by atoms with Crippen LogP contribution < -0.4 is 5.43 Å². The Hall–Kier alpha value is -2.21. The SMILES string of the molecule is O=C(NN=C1CCSc2ccc(F)cc21)c1ccncc1. The van der Waals surface area contributed by atoms with E-state index in [1.165, 1.54) is 12.1 Å². The Labute approximate surface area is 125 Å². The number of hydrogen-bond donors (Lipinski definition) is 1. The summed E-state index contributed by atoms with van der Waals surface area (Å²) in [6.07, 6.45) is 3.78. The lowest BCUT2D eigenvalue weighted by atomic mass is 10.1. The van der Waals surface area contributed by atoms with Crippen molar-refractivity contribution in [3.63, 3.8) is 0 Å². The summed E-state index contributed by atoms with van der Waals surface area (Å²) in [4.78, 5) is 16.8. The van der Waals surface area contributed by atoms with E-state index in [2.05, 4.69) is 15.5 Å². The Kier molecular flexibility index (Phi) is 3.96. The zero-order chi connectivity index (χ0) is 14.7. The maximum Gasteiger partial charge on any atom is 0.271 e. The predicted octanol–water partition coefficient (Wildman–Crippen LogP) is 2.85. The van der Waals surface area contributed by atoms with Crippen molar-refractivity contribution in [1.29, 1.82) is 0 Å². The molecule has 0 bridgehead atoms. The lowest BCUT2D eigenvalue weighted by molar-refractivity contribution is 0.0954. The second-order valence-electron chi connectivity index (χ2n) is 4.47. The lowest BCUT2D eigenvalue weighted by Crippen LogP contribution is -2.21. The molecule has 0 atom stereocenters. The van der Waals surface area contributed by atoms with Crippen molar-refractivity contribution in [2.45, 2.75) is 11.3 Å². The molecule has 4 nitrogen and oxygen atoms in total. The van der Waals surface area contributed by atoms with E-state index in [-0.39, 0.29) is 11.7 Å². The number of carbonyl (C=O) groups is 1. The summed E-state index contributed by atoms with van der Waals surface area (Å²) in [7, 11) is 0. The molecule has 0 saturated carbocycles. The average Bonchev–Trinajstić information content (AvgIpc) is 2.53. The molecule has 106 valence electrons. The number of rotatable bonds is 2. The van der Waals surface area contributed by atoms with Gasteiger partial charge in [-0.25, -0.2) is 9.82 Å². The molecular weight excluding hydrogens is 289 g/mol. The molecule has 1 aromatic carbocycles. The van der Waals surface area contributed by atoms with E-state index in [9.17, 15) is 9.18 Å². The average molecular weight is 301 g/mol. The van der Waals surface area contributed by atoms with Gasteiger partial charge in [0.1, 0.15) is 5.82 Å². The Morgan fingerprint density at radius 2 is 2.10 bits per heavy atom. The molecule has 0 saturated heterocycles. The van der Waals surface area contributed by atoms with Gasteiger partial charge in [-0.15, -0.1) is 11.8 Å². The number of thioether (sulfide) groups is 1. The third kappa shape index (κ3) is 3.11. The number of carbonyl (C=O) groups excluding carboxylic acids is 1. The van der Waals surface area contributed by atoms with Gasteiger partial charge < -0.3 is 0 Å². The third-order valence-electron chi connectivity index (χ3n) is 3.08. The molecular formula is C15H12FN3OS. The molecule has 0 spiro atoms. The summed E-state index contributed by atoms with van der Waals surface area (Å²) in [5, 5.41) is 4.16. The van der Waals surface area contributed by atoms with Crippen LogP contribution in [0.1, 0.15) is 22.3 Å². The van der Waals surface area contributed by atoms with Crippen molar-refractivity contribution < 1.29 is 9.18 Å².